The lowest BCUT2D eigenvalue weighted by atomic mass is 10.0. The normalized spacial score (nSPS) is 17.2. The number of amides is 1. The molecular weight excluding hydrogens is 304 g/mol. The van der Waals surface area contributed by atoms with Gasteiger partial charge in [0, 0.05) is 28.6 Å². The maximum absolute atomic E-state index is 12.3. The summed E-state index contributed by atoms with van der Waals surface area (Å²) in [6.07, 6.45) is 1.74. The molecule has 2 N–H and O–H groups in total. The number of nitrogens with two attached hydrogens (primary N) is 1. The number of halogens is 2. The second-order valence-corrected chi connectivity index (χ2v) is 5.54. The van der Waals surface area contributed by atoms with Crippen LogP contribution < -0.4 is 5.73 Å². The second kappa shape index (κ2) is 5.38. The molecule has 0 atom stereocenters. The van der Waals surface area contributed by atoms with Crippen LogP contribution in [0.3, 0.4) is 0 Å². The summed E-state index contributed by atoms with van der Waals surface area (Å²) < 4.78 is 0.741. The summed E-state index contributed by atoms with van der Waals surface area (Å²) in [6, 6.07) is 5.45. The Hall–Kier alpha value is -0.580. The summed E-state index contributed by atoms with van der Waals surface area (Å²) in [5, 5.41) is 0.620. The molecule has 0 saturated carbocycles. The Balaban J connectivity index is 2.14. The zero-order valence-corrected chi connectivity index (χ0v) is 11.7. The summed E-state index contributed by atoms with van der Waals surface area (Å²) in [5.41, 5.74) is 6.48. The zero-order chi connectivity index (χ0) is 12.4. The summed E-state index contributed by atoms with van der Waals surface area (Å²) in [6.45, 7) is 1.46. The number of benzene rings is 1. The smallest absolute Gasteiger partial charge is 0.255 e. The predicted molar refractivity (Wildman–Crippen MR) is 72.3 cm³/mol. The van der Waals surface area contributed by atoms with E-state index in [-0.39, 0.29) is 11.9 Å². The molecular formula is C12H14BrClN2O. The molecule has 3 nitrogen and oxygen atoms in total. The predicted octanol–water partition coefficient (Wildman–Crippen LogP) is 2.67. The molecule has 0 bridgehead atoms. The molecule has 1 heterocycles. The van der Waals surface area contributed by atoms with Crippen molar-refractivity contribution in [2.24, 2.45) is 5.73 Å². The number of carbonyl (C=O) groups excluding carboxylic acids is 1. The summed E-state index contributed by atoms with van der Waals surface area (Å²) >= 11 is 9.22. The van der Waals surface area contributed by atoms with Crippen molar-refractivity contribution < 1.29 is 4.79 Å². The Bertz CT molecular complexity index is 431. The first kappa shape index (κ1) is 12.9. The van der Waals surface area contributed by atoms with Crippen LogP contribution in [0.15, 0.2) is 22.7 Å². The van der Waals surface area contributed by atoms with Gasteiger partial charge in [0.25, 0.3) is 5.91 Å². The minimum absolute atomic E-state index is 0.0421. The standard InChI is InChI=1S/C12H14BrClN2O/c13-11-7-8(14)1-2-10(11)12(17)16-5-3-9(15)4-6-16/h1-2,7,9H,3-6,15H2. The van der Waals surface area contributed by atoms with Gasteiger partial charge in [-0.3, -0.25) is 4.79 Å². The third-order valence-electron chi connectivity index (χ3n) is 2.99. The summed E-state index contributed by atoms with van der Waals surface area (Å²) in [7, 11) is 0. The number of likely N-dealkylation sites (tertiary alicyclic amines) is 1. The largest absolute Gasteiger partial charge is 0.338 e. The Labute approximate surface area is 114 Å². The number of rotatable bonds is 1. The highest BCUT2D eigenvalue weighted by Gasteiger charge is 2.22. The van der Waals surface area contributed by atoms with E-state index in [1.165, 1.54) is 0 Å². The zero-order valence-electron chi connectivity index (χ0n) is 9.33. The molecule has 0 spiro atoms. The van der Waals surface area contributed by atoms with Gasteiger partial charge >= 0.3 is 0 Å². The van der Waals surface area contributed by atoms with Crippen LogP contribution >= 0.6 is 27.5 Å². The van der Waals surface area contributed by atoms with Crippen molar-refractivity contribution in [1.29, 1.82) is 0 Å². The van der Waals surface area contributed by atoms with Crippen molar-refractivity contribution in [2.45, 2.75) is 18.9 Å². The van der Waals surface area contributed by atoms with Crippen molar-refractivity contribution in [3.05, 3.63) is 33.3 Å². The quantitative estimate of drug-likeness (QED) is 0.865. The van der Waals surface area contributed by atoms with Crippen LogP contribution in [0.5, 0.6) is 0 Å². The van der Waals surface area contributed by atoms with E-state index in [9.17, 15) is 4.79 Å². The number of carbonyl (C=O) groups is 1. The molecule has 1 aromatic carbocycles. The van der Waals surface area contributed by atoms with Crippen molar-refractivity contribution in [1.82, 2.24) is 4.90 Å². The number of hydrogen-bond donors (Lipinski definition) is 1. The highest BCUT2D eigenvalue weighted by atomic mass is 79.9. The van der Waals surface area contributed by atoms with E-state index in [1.807, 2.05) is 4.90 Å². The summed E-state index contributed by atoms with van der Waals surface area (Å²) in [4.78, 5) is 14.1. The lowest BCUT2D eigenvalue weighted by molar-refractivity contribution is 0.0714. The number of nitrogens with zero attached hydrogens (tertiary/aromatic N) is 1. The average molecular weight is 318 g/mol. The molecule has 0 aromatic heterocycles. The molecule has 92 valence electrons. The van der Waals surface area contributed by atoms with Crippen molar-refractivity contribution >= 4 is 33.4 Å². The molecule has 0 radical (unpaired) electrons. The molecule has 1 fully saturated rings. The van der Waals surface area contributed by atoms with Crippen LogP contribution in [-0.2, 0) is 0 Å². The van der Waals surface area contributed by atoms with E-state index in [4.69, 9.17) is 17.3 Å². The van der Waals surface area contributed by atoms with E-state index in [0.29, 0.717) is 10.6 Å². The van der Waals surface area contributed by atoms with Crippen molar-refractivity contribution in [3.8, 4) is 0 Å². The second-order valence-electron chi connectivity index (χ2n) is 4.25. The molecule has 17 heavy (non-hydrogen) atoms. The molecule has 0 unspecified atom stereocenters. The van der Waals surface area contributed by atoms with Gasteiger partial charge < -0.3 is 10.6 Å². The minimum Gasteiger partial charge on any atom is -0.338 e. The third-order valence-corrected chi connectivity index (χ3v) is 3.88. The molecule has 0 aliphatic carbocycles. The molecule has 1 aliphatic heterocycles. The van der Waals surface area contributed by atoms with Gasteiger partial charge in [0.1, 0.15) is 0 Å². The fourth-order valence-electron chi connectivity index (χ4n) is 1.94. The van der Waals surface area contributed by atoms with Crippen LogP contribution in [0.25, 0.3) is 0 Å². The van der Waals surface area contributed by atoms with E-state index in [0.717, 1.165) is 30.4 Å². The minimum atomic E-state index is 0.0421. The first-order valence-corrected chi connectivity index (χ1v) is 6.75. The lowest BCUT2D eigenvalue weighted by Crippen LogP contribution is -2.42. The van der Waals surface area contributed by atoms with Crippen LogP contribution in [0.1, 0.15) is 23.2 Å². The first-order valence-electron chi connectivity index (χ1n) is 5.58. The summed E-state index contributed by atoms with van der Waals surface area (Å²) in [5.74, 6) is 0.0421. The van der Waals surface area contributed by atoms with Crippen LogP contribution in [0.4, 0.5) is 0 Å². The van der Waals surface area contributed by atoms with E-state index < -0.39 is 0 Å². The Morgan fingerprint density at radius 2 is 2.06 bits per heavy atom. The maximum Gasteiger partial charge on any atom is 0.255 e. The molecule has 1 aliphatic rings. The highest BCUT2D eigenvalue weighted by Crippen LogP contribution is 2.23. The van der Waals surface area contributed by atoms with Gasteiger partial charge in [-0.25, -0.2) is 0 Å². The van der Waals surface area contributed by atoms with E-state index in [1.54, 1.807) is 18.2 Å². The Morgan fingerprint density at radius 1 is 1.41 bits per heavy atom. The van der Waals surface area contributed by atoms with Crippen LogP contribution in [0.2, 0.25) is 5.02 Å². The van der Waals surface area contributed by atoms with E-state index >= 15 is 0 Å². The van der Waals surface area contributed by atoms with Gasteiger partial charge in [-0.05, 0) is 47.0 Å². The van der Waals surface area contributed by atoms with Gasteiger partial charge in [0.2, 0.25) is 0 Å². The average Bonchev–Trinajstić information content (AvgIpc) is 2.29. The van der Waals surface area contributed by atoms with Gasteiger partial charge in [0.15, 0.2) is 0 Å². The highest BCUT2D eigenvalue weighted by molar-refractivity contribution is 9.10. The van der Waals surface area contributed by atoms with E-state index in [2.05, 4.69) is 15.9 Å². The molecule has 2 rings (SSSR count). The van der Waals surface area contributed by atoms with Crippen molar-refractivity contribution in [2.75, 3.05) is 13.1 Å². The number of piperidine rings is 1. The molecule has 5 heteroatoms. The molecule has 1 aromatic rings. The monoisotopic (exact) mass is 316 g/mol. The SMILES string of the molecule is NC1CCN(C(=O)c2ccc(Cl)cc2Br)CC1. The van der Waals surface area contributed by atoms with Crippen molar-refractivity contribution in [3.63, 3.8) is 0 Å². The van der Waals surface area contributed by atoms with Gasteiger partial charge in [-0.15, -0.1) is 0 Å². The fourth-order valence-corrected chi connectivity index (χ4v) is 2.79. The lowest BCUT2D eigenvalue weighted by Gasteiger charge is -2.30. The Kier molecular flexibility index (Phi) is 4.07. The van der Waals surface area contributed by atoms with Gasteiger partial charge in [-0.2, -0.15) is 0 Å². The van der Waals surface area contributed by atoms with Gasteiger partial charge in [0.05, 0.1) is 5.56 Å². The van der Waals surface area contributed by atoms with Crippen LogP contribution in [-0.4, -0.2) is 29.9 Å². The number of hydrogen-bond acceptors (Lipinski definition) is 2. The topological polar surface area (TPSA) is 46.3 Å². The van der Waals surface area contributed by atoms with Crippen LogP contribution in [0, 0.1) is 0 Å². The fraction of sp³-hybridized carbons (Fsp3) is 0.417. The Morgan fingerprint density at radius 3 is 2.65 bits per heavy atom. The third kappa shape index (κ3) is 3.00. The molecule has 1 saturated heterocycles. The first-order chi connectivity index (χ1) is 8.08. The van der Waals surface area contributed by atoms with Gasteiger partial charge in [-0.1, -0.05) is 11.6 Å². The molecule has 1 amide bonds. The maximum atomic E-state index is 12.3.